The molecule has 0 radical (unpaired) electrons. The number of anilines is 1. The van der Waals surface area contributed by atoms with Gasteiger partial charge >= 0.3 is 0 Å². The van der Waals surface area contributed by atoms with Crippen LogP contribution in [0.3, 0.4) is 0 Å². The molecule has 0 saturated carbocycles. The third-order valence-electron chi connectivity index (χ3n) is 3.45. The van der Waals surface area contributed by atoms with Crippen molar-refractivity contribution in [1.29, 1.82) is 0 Å². The summed E-state index contributed by atoms with van der Waals surface area (Å²) in [6.45, 7) is 3.66. The third kappa shape index (κ3) is 5.76. The number of nitrogens with zero attached hydrogens (tertiary/aromatic N) is 1. The molecule has 2 aromatic rings. The molecular weight excluding hydrogens is 318 g/mol. The molecule has 0 heterocycles. The smallest absolute Gasteiger partial charge is 0.271 e. The van der Waals surface area contributed by atoms with E-state index in [1.54, 1.807) is 38.3 Å². The molecule has 0 bridgehead atoms. The lowest BCUT2D eigenvalue weighted by Crippen LogP contribution is -2.21. The maximum Gasteiger partial charge on any atom is 0.271 e. The Balaban J connectivity index is 1.86. The van der Waals surface area contributed by atoms with Gasteiger partial charge in [0.15, 0.2) is 0 Å². The number of hydrogen-bond acceptors (Lipinski definition) is 4. The number of hydrazone groups is 1. The Morgan fingerprint density at radius 3 is 2.28 bits per heavy atom. The number of carbonyl (C=O) groups is 2. The molecule has 0 saturated heterocycles. The number of benzene rings is 2. The summed E-state index contributed by atoms with van der Waals surface area (Å²) in [7, 11) is 1.56. The van der Waals surface area contributed by atoms with Gasteiger partial charge in [0.25, 0.3) is 5.91 Å². The van der Waals surface area contributed by atoms with E-state index in [4.69, 9.17) is 4.74 Å². The fourth-order valence-electron chi connectivity index (χ4n) is 2.07. The molecule has 0 aliphatic carbocycles. The van der Waals surface area contributed by atoms with Crippen LogP contribution in [0.4, 0.5) is 5.69 Å². The summed E-state index contributed by atoms with van der Waals surface area (Å²) < 4.78 is 5.04. The summed E-state index contributed by atoms with van der Waals surface area (Å²) in [5.41, 5.74) is 5.26. The van der Waals surface area contributed by atoms with Crippen molar-refractivity contribution in [1.82, 2.24) is 5.43 Å². The minimum absolute atomic E-state index is 0.0940. The zero-order valence-electron chi connectivity index (χ0n) is 14.5. The van der Waals surface area contributed by atoms with Crippen LogP contribution in [0, 0.1) is 6.92 Å². The normalized spacial score (nSPS) is 10.9. The molecule has 2 amide bonds. The minimum Gasteiger partial charge on any atom is -0.497 e. The van der Waals surface area contributed by atoms with Crippen molar-refractivity contribution in [2.75, 3.05) is 12.4 Å². The van der Waals surface area contributed by atoms with Crippen LogP contribution in [0.2, 0.25) is 0 Å². The molecule has 130 valence electrons. The van der Waals surface area contributed by atoms with Crippen LogP contribution in [0.5, 0.6) is 5.75 Å². The standard InChI is InChI=1S/C19H21N3O3/c1-13-4-8-16(9-5-13)20-18(23)12-14(2)21-22-19(24)15-6-10-17(25-3)11-7-15/h4-11H,12H2,1-3H3,(H,20,23)(H,22,24). The zero-order valence-corrected chi connectivity index (χ0v) is 14.5. The largest absolute Gasteiger partial charge is 0.497 e. The van der Waals surface area contributed by atoms with Gasteiger partial charge in [-0.2, -0.15) is 5.10 Å². The van der Waals surface area contributed by atoms with E-state index in [9.17, 15) is 9.59 Å². The number of ether oxygens (including phenoxy) is 1. The van der Waals surface area contributed by atoms with E-state index in [-0.39, 0.29) is 18.2 Å². The summed E-state index contributed by atoms with van der Waals surface area (Å²) in [6, 6.07) is 14.2. The summed E-state index contributed by atoms with van der Waals surface area (Å²) in [5.74, 6) is 0.133. The van der Waals surface area contributed by atoms with Crippen LogP contribution in [-0.4, -0.2) is 24.6 Å². The van der Waals surface area contributed by atoms with Crippen molar-refractivity contribution >= 4 is 23.2 Å². The lowest BCUT2D eigenvalue weighted by molar-refractivity contribution is -0.115. The highest BCUT2D eigenvalue weighted by molar-refractivity contribution is 6.06. The predicted molar refractivity (Wildman–Crippen MR) is 98.0 cm³/mol. The van der Waals surface area contributed by atoms with Crippen molar-refractivity contribution in [3.05, 3.63) is 59.7 Å². The van der Waals surface area contributed by atoms with Crippen molar-refractivity contribution in [3.63, 3.8) is 0 Å². The summed E-state index contributed by atoms with van der Waals surface area (Å²) in [6.07, 6.45) is 0.0940. The van der Waals surface area contributed by atoms with Crippen molar-refractivity contribution < 1.29 is 14.3 Å². The van der Waals surface area contributed by atoms with Gasteiger partial charge in [-0.25, -0.2) is 5.43 Å². The first-order valence-corrected chi connectivity index (χ1v) is 7.82. The summed E-state index contributed by atoms with van der Waals surface area (Å²) in [4.78, 5) is 24.0. The van der Waals surface area contributed by atoms with Gasteiger partial charge in [-0.05, 0) is 50.2 Å². The van der Waals surface area contributed by atoms with Crippen LogP contribution >= 0.6 is 0 Å². The molecule has 0 spiro atoms. The quantitative estimate of drug-likeness (QED) is 0.627. The van der Waals surface area contributed by atoms with Crippen molar-refractivity contribution in [2.45, 2.75) is 20.3 Å². The molecule has 6 nitrogen and oxygen atoms in total. The van der Waals surface area contributed by atoms with Gasteiger partial charge in [-0.1, -0.05) is 17.7 Å². The van der Waals surface area contributed by atoms with Gasteiger partial charge in [-0.15, -0.1) is 0 Å². The lowest BCUT2D eigenvalue weighted by Gasteiger charge is -2.06. The molecule has 2 rings (SSSR count). The van der Waals surface area contributed by atoms with Crippen molar-refractivity contribution in [2.24, 2.45) is 5.10 Å². The lowest BCUT2D eigenvalue weighted by atomic mass is 10.2. The van der Waals surface area contributed by atoms with Crippen LogP contribution in [0.25, 0.3) is 0 Å². The maximum absolute atomic E-state index is 12.0. The average Bonchev–Trinajstić information content (AvgIpc) is 2.61. The summed E-state index contributed by atoms with van der Waals surface area (Å²) in [5, 5.41) is 6.75. The minimum atomic E-state index is -0.346. The molecular formula is C19H21N3O3. The first kappa shape index (κ1) is 18.2. The molecule has 2 N–H and O–H groups in total. The van der Waals surface area contributed by atoms with Crippen LogP contribution in [0.15, 0.2) is 53.6 Å². The van der Waals surface area contributed by atoms with E-state index < -0.39 is 0 Å². The van der Waals surface area contributed by atoms with E-state index in [0.717, 1.165) is 11.3 Å². The average molecular weight is 339 g/mol. The summed E-state index contributed by atoms with van der Waals surface area (Å²) >= 11 is 0. The van der Waals surface area contributed by atoms with Crippen LogP contribution < -0.4 is 15.5 Å². The number of methoxy groups -OCH3 is 1. The fourth-order valence-corrected chi connectivity index (χ4v) is 2.07. The Morgan fingerprint density at radius 2 is 1.68 bits per heavy atom. The molecule has 0 unspecified atom stereocenters. The third-order valence-corrected chi connectivity index (χ3v) is 3.45. The second-order valence-electron chi connectivity index (χ2n) is 5.61. The van der Waals surface area contributed by atoms with E-state index in [1.165, 1.54) is 0 Å². The monoisotopic (exact) mass is 339 g/mol. The van der Waals surface area contributed by atoms with Gasteiger partial charge < -0.3 is 10.1 Å². The Labute approximate surface area is 146 Å². The number of amides is 2. The van der Waals surface area contributed by atoms with Gasteiger partial charge in [-0.3, -0.25) is 9.59 Å². The van der Waals surface area contributed by atoms with E-state index in [0.29, 0.717) is 17.0 Å². The Hall–Kier alpha value is -3.15. The Bertz CT molecular complexity index is 766. The van der Waals surface area contributed by atoms with Crippen molar-refractivity contribution in [3.8, 4) is 5.75 Å². The molecule has 0 aliphatic rings. The van der Waals surface area contributed by atoms with Gasteiger partial charge in [0.1, 0.15) is 5.75 Å². The number of nitrogens with one attached hydrogen (secondary N) is 2. The van der Waals surface area contributed by atoms with E-state index >= 15 is 0 Å². The van der Waals surface area contributed by atoms with E-state index in [1.807, 2.05) is 31.2 Å². The fraction of sp³-hybridized carbons (Fsp3) is 0.211. The SMILES string of the molecule is COc1ccc(C(=O)NN=C(C)CC(=O)Nc2ccc(C)cc2)cc1. The number of carbonyl (C=O) groups excluding carboxylic acids is 2. The number of aryl methyl sites for hydroxylation is 1. The number of rotatable bonds is 6. The second-order valence-corrected chi connectivity index (χ2v) is 5.61. The first-order chi connectivity index (χ1) is 12.0. The topological polar surface area (TPSA) is 79.8 Å². The highest BCUT2D eigenvalue weighted by Crippen LogP contribution is 2.11. The van der Waals surface area contributed by atoms with Gasteiger partial charge in [0, 0.05) is 17.0 Å². The van der Waals surface area contributed by atoms with Crippen LogP contribution in [0.1, 0.15) is 29.3 Å². The van der Waals surface area contributed by atoms with E-state index in [2.05, 4.69) is 15.8 Å². The first-order valence-electron chi connectivity index (χ1n) is 7.82. The molecule has 6 heteroatoms. The molecule has 25 heavy (non-hydrogen) atoms. The zero-order chi connectivity index (χ0) is 18.2. The molecule has 2 aromatic carbocycles. The number of hydrogen-bond donors (Lipinski definition) is 2. The predicted octanol–water partition coefficient (Wildman–Crippen LogP) is 3.14. The maximum atomic E-state index is 12.0. The highest BCUT2D eigenvalue weighted by atomic mass is 16.5. The molecule has 0 aliphatic heterocycles. The Kier molecular flexibility index (Phi) is 6.28. The second kappa shape index (κ2) is 8.63. The Morgan fingerprint density at radius 1 is 1.04 bits per heavy atom. The highest BCUT2D eigenvalue weighted by Gasteiger charge is 2.07. The van der Waals surface area contributed by atoms with Gasteiger partial charge in [0.05, 0.1) is 13.5 Å². The van der Waals surface area contributed by atoms with Gasteiger partial charge in [0.2, 0.25) is 5.91 Å². The molecule has 0 atom stereocenters. The molecule has 0 fully saturated rings. The molecule has 0 aromatic heterocycles. The van der Waals surface area contributed by atoms with Crippen LogP contribution in [-0.2, 0) is 4.79 Å².